The highest BCUT2D eigenvalue weighted by Gasteiger charge is 2.44. The van der Waals surface area contributed by atoms with Crippen LogP contribution in [-0.4, -0.2) is 49.8 Å². The van der Waals surface area contributed by atoms with Crippen LogP contribution in [0.3, 0.4) is 0 Å². The maximum Gasteiger partial charge on any atom is 0.239 e. The van der Waals surface area contributed by atoms with E-state index in [9.17, 15) is 15.2 Å². The fraction of sp³-hybridized carbons (Fsp3) is 1.00. The van der Waals surface area contributed by atoms with Crippen molar-refractivity contribution in [3.63, 3.8) is 0 Å². The van der Waals surface area contributed by atoms with Gasteiger partial charge in [-0.05, 0) is 30.5 Å². The molecule has 142 valence electrons. The number of aliphatic hydroxyl groups excluding tert-OH is 1. The van der Waals surface area contributed by atoms with Crippen LogP contribution in [0.5, 0.6) is 0 Å². The van der Waals surface area contributed by atoms with E-state index in [1.165, 1.54) is 0 Å². The van der Waals surface area contributed by atoms with E-state index in [4.69, 9.17) is 9.16 Å². The molecule has 6 nitrogen and oxygen atoms in total. The van der Waals surface area contributed by atoms with Crippen LogP contribution in [0, 0.1) is 22.0 Å². The largest absolute Gasteiger partial charge is 0.414 e. The lowest BCUT2D eigenvalue weighted by atomic mass is 9.87. The lowest BCUT2D eigenvalue weighted by molar-refractivity contribution is -0.539. The Morgan fingerprint density at radius 1 is 1.38 bits per heavy atom. The van der Waals surface area contributed by atoms with Crippen LogP contribution < -0.4 is 0 Å². The normalized spacial score (nSPS) is 25.0. The SMILES string of the molecule is CC(C)C[C@H]([C@@H](O)[C@@H]1CCO[C@H]1CO[Si](C)(C)C(C)(C)C)[N+](=O)[O-]. The fourth-order valence-corrected chi connectivity index (χ4v) is 3.87. The third kappa shape index (κ3) is 5.51. The van der Waals surface area contributed by atoms with Gasteiger partial charge < -0.3 is 14.3 Å². The summed E-state index contributed by atoms with van der Waals surface area (Å²) in [5.41, 5.74) is 0. The number of ether oxygens (including phenoxy) is 1. The second kappa shape index (κ2) is 8.25. The zero-order chi connectivity index (χ0) is 18.7. The Balaban J connectivity index is 2.75. The fourth-order valence-electron chi connectivity index (χ4n) is 2.85. The highest BCUT2D eigenvalue weighted by molar-refractivity contribution is 6.74. The van der Waals surface area contributed by atoms with Gasteiger partial charge in [-0.1, -0.05) is 34.6 Å². The monoisotopic (exact) mass is 361 g/mol. The second-order valence-corrected chi connectivity index (χ2v) is 13.7. The van der Waals surface area contributed by atoms with Gasteiger partial charge >= 0.3 is 0 Å². The predicted molar refractivity (Wildman–Crippen MR) is 97.2 cm³/mol. The van der Waals surface area contributed by atoms with Gasteiger partial charge in [-0.25, -0.2) is 0 Å². The summed E-state index contributed by atoms with van der Waals surface area (Å²) in [7, 11) is -1.91. The molecule has 4 atom stereocenters. The Labute approximate surface area is 147 Å². The molecule has 1 aliphatic heterocycles. The van der Waals surface area contributed by atoms with Crippen LogP contribution in [0.2, 0.25) is 18.1 Å². The first-order chi connectivity index (χ1) is 10.9. The van der Waals surface area contributed by atoms with Crippen LogP contribution >= 0.6 is 0 Å². The third-order valence-electron chi connectivity index (χ3n) is 5.49. The Hall–Kier alpha value is -0.503. The minimum atomic E-state index is -1.91. The molecule has 0 aromatic rings. The summed E-state index contributed by atoms with van der Waals surface area (Å²) >= 11 is 0. The molecule has 0 bridgehead atoms. The van der Waals surface area contributed by atoms with E-state index >= 15 is 0 Å². The molecule has 1 saturated heterocycles. The highest BCUT2D eigenvalue weighted by Crippen LogP contribution is 2.37. The second-order valence-electron chi connectivity index (χ2n) is 8.91. The van der Waals surface area contributed by atoms with E-state index in [2.05, 4.69) is 33.9 Å². The van der Waals surface area contributed by atoms with Gasteiger partial charge in [-0.15, -0.1) is 0 Å². The molecule has 1 heterocycles. The average Bonchev–Trinajstić information content (AvgIpc) is 2.88. The lowest BCUT2D eigenvalue weighted by Crippen LogP contribution is -2.47. The third-order valence-corrected chi connectivity index (χ3v) is 9.99. The molecule has 0 radical (unpaired) electrons. The maximum absolute atomic E-state index is 11.4. The number of aliphatic hydroxyl groups is 1. The van der Waals surface area contributed by atoms with Crippen LogP contribution in [0.25, 0.3) is 0 Å². The van der Waals surface area contributed by atoms with Gasteiger partial charge in [-0.3, -0.25) is 10.1 Å². The molecule has 1 aliphatic rings. The molecular weight excluding hydrogens is 326 g/mol. The summed E-state index contributed by atoms with van der Waals surface area (Å²) in [6.07, 6.45) is -0.225. The average molecular weight is 362 g/mol. The molecule has 24 heavy (non-hydrogen) atoms. The van der Waals surface area contributed by atoms with Gasteiger partial charge in [0.2, 0.25) is 6.04 Å². The van der Waals surface area contributed by atoms with Crippen molar-refractivity contribution in [3.05, 3.63) is 10.1 Å². The van der Waals surface area contributed by atoms with Crippen molar-refractivity contribution in [3.8, 4) is 0 Å². The molecular formula is C17H35NO5Si. The molecule has 0 aromatic carbocycles. The van der Waals surface area contributed by atoms with Crippen molar-refractivity contribution >= 4 is 8.32 Å². The van der Waals surface area contributed by atoms with Crippen LogP contribution in [0.15, 0.2) is 0 Å². The molecule has 1 rings (SSSR count). The Morgan fingerprint density at radius 3 is 2.42 bits per heavy atom. The lowest BCUT2D eigenvalue weighted by Gasteiger charge is -2.37. The molecule has 0 unspecified atom stereocenters. The number of nitro groups is 1. The van der Waals surface area contributed by atoms with Gasteiger partial charge in [0.25, 0.3) is 0 Å². The van der Waals surface area contributed by atoms with E-state index < -0.39 is 20.5 Å². The zero-order valence-electron chi connectivity index (χ0n) is 16.2. The topological polar surface area (TPSA) is 81.8 Å². The zero-order valence-corrected chi connectivity index (χ0v) is 17.2. The van der Waals surface area contributed by atoms with Crippen LogP contribution in [0.1, 0.15) is 47.5 Å². The molecule has 1 N–H and O–H groups in total. The van der Waals surface area contributed by atoms with Gasteiger partial charge in [0.05, 0.1) is 12.7 Å². The van der Waals surface area contributed by atoms with Crippen LogP contribution in [0.4, 0.5) is 0 Å². The van der Waals surface area contributed by atoms with Crippen molar-refractivity contribution in [1.29, 1.82) is 0 Å². The van der Waals surface area contributed by atoms with Crippen molar-refractivity contribution in [2.24, 2.45) is 11.8 Å². The van der Waals surface area contributed by atoms with Crippen molar-refractivity contribution in [2.75, 3.05) is 13.2 Å². The van der Waals surface area contributed by atoms with Gasteiger partial charge in [0.15, 0.2) is 8.32 Å². The van der Waals surface area contributed by atoms with Crippen molar-refractivity contribution in [2.45, 2.75) is 83.8 Å². The van der Waals surface area contributed by atoms with E-state index in [0.717, 1.165) is 0 Å². The van der Waals surface area contributed by atoms with Gasteiger partial charge in [0, 0.05) is 23.9 Å². The highest BCUT2D eigenvalue weighted by atomic mass is 28.4. The Kier molecular flexibility index (Phi) is 7.40. The number of hydrogen-bond acceptors (Lipinski definition) is 5. The first kappa shape index (κ1) is 21.5. The minimum absolute atomic E-state index is 0.0979. The quantitative estimate of drug-likeness (QED) is 0.407. The summed E-state index contributed by atoms with van der Waals surface area (Å²) in [4.78, 5) is 11.0. The first-order valence-electron chi connectivity index (χ1n) is 8.94. The standard InChI is InChI=1S/C17H35NO5Si/c1-12(2)10-14(18(20)21)16(19)13-8-9-22-15(13)11-23-24(6,7)17(3,4)5/h12-16,19H,8-11H2,1-7H3/t13-,14-,15+,16+/m1/s1. The van der Waals surface area contributed by atoms with E-state index in [0.29, 0.717) is 26.1 Å². The first-order valence-corrected chi connectivity index (χ1v) is 11.8. The number of rotatable bonds is 8. The van der Waals surface area contributed by atoms with Gasteiger partial charge in [0.1, 0.15) is 6.10 Å². The summed E-state index contributed by atoms with van der Waals surface area (Å²) in [5, 5.41) is 22.1. The summed E-state index contributed by atoms with van der Waals surface area (Å²) in [5.74, 6) is -0.0665. The maximum atomic E-state index is 11.4. The molecule has 7 heteroatoms. The molecule has 0 amide bonds. The molecule has 0 spiro atoms. The predicted octanol–water partition coefficient (Wildman–Crippen LogP) is 3.47. The molecule has 1 fully saturated rings. The number of hydrogen-bond donors (Lipinski definition) is 1. The minimum Gasteiger partial charge on any atom is -0.414 e. The molecule has 0 saturated carbocycles. The Morgan fingerprint density at radius 2 is 1.96 bits per heavy atom. The smallest absolute Gasteiger partial charge is 0.239 e. The van der Waals surface area contributed by atoms with E-state index in [1.807, 2.05) is 13.8 Å². The van der Waals surface area contributed by atoms with E-state index in [1.54, 1.807) is 0 Å². The van der Waals surface area contributed by atoms with Crippen molar-refractivity contribution in [1.82, 2.24) is 0 Å². The molecule has 0 aliphatic carbocycles. The number of nitrogens with zero attached hydrogens (tertiary/aromatic N) is 1. The van der Waals surface area contributed by atoms with E-state index in [-0.39, 0.29) is 27.9 Å². The van der Waals surface area contributed by atoms with Gasteiger partial charge in [-0.2, -0.15) is 0 Å². The summed E-state index contributed by atoms with van der Waals surface area (Å²) in [6.45, 7) is 15.7. The molecule has 0 aromatic heterocycles. The van der Waals surface area contributed by atoms with Crippen LogP contribution in [-0.2, 0) is 9.16 Å². The van der Waals surface area contributed by atoms with Crippen molar-refractivity contribution < 1.29 is 19.2 Å². The Bertz CT molecular complexity index is 422. The summed E-state index contributed by atoms with van der Waals surface area (Å²) < 4.78 is 12.0. The summed E-state index contributed by atoms with van der Waals surface area (Å²) in [6, 6.07) is -0.938.